The molecule has 0 radical (unpaired) electrons. The van der Waals surface area contributed by atoms with Gasteiger partial charge in [0, 0.05) is 18.7 Å². The Balaban J connectivity index is 1.42. The average Bonchev–Trinajstić information content (AvgIpc) is 3.55. The van der Waals surface area contributed by atoms with Crippen LogP contribution < -0.4 is 10.1 Å². The highest BCUT2D eigenvalue weighted by Gasteiger charge is 2.25. The number of nitrogens with zero attached hydrogens (tertiary/aromatic N) is 9. The van der Waals surface area contributed by atoms with Crippen LogP contribution in [0.1, 0.15) is 41.3 Å². The van der Waals surface area contributed by atoms with Gasteiger partial charge in [-0.2, -0.15) is 5.26 Å². The second-order valence-electron chi connectivity index (χ2n) is 7.43. The van der Waals surface area contributed by atoms with Gasteiger partial charge < -0.3 is 14.6 Å². The zero-order valence-corrected chi connectivity index (χ0v) is 17.8. The lowest BCUT2D eigenvalue weighted by molar-refractivity contribution is 0.102. The quantitative estimate of drug-likeness (QED) is 0.489. The van der Waals surface area contributed by atoms with Gasteiger partial charge in [0.25, 0.3) is 5.91 Å². The molecule has 0 bridgehead atoms. The number of hydrogen-bond donors (Lipinski definition) is 1. The highest BCUT2D eigenvalue weighted by molar-refractivity contribution is 6.05. The first-order chi connectivity index (χ1) is 16.1. The molecule has 1 atom stereocenters. The third kappa shape index (κ3) is 3.65. The van der Waals surface area contributed by atoms with E-state index in [9.17, 15) is 4.79 Å². The van der Waals surface area contributed by atoms with Crippen molar-refractivity contribution in [2.45, 2.75) is 25.8 Å². The number of rotatable bonds is 5. The molecule has 0 saturated heterocycles. The summed E-state index contributed by atoms with van der Waals surface area (Å²) in [5.74, 6) is 1.87. The summed E-state index contributed by atoms with van der Waals surface area (Å²) in [6.45, 7) is 2.12. The highest BCUT2D eigenvalue weighted by atomic mass is 16.5. The van der Waals surface area contributed by atoms with Crippen molar-refractivity contribution in [3.8, 4) is 29.3 Å². The molecule has 1 N–H and O–H groups in total. The Morgan fingerprint density at radius 2 is 2.15 bits per heavy atom. The van der Waals surface area contributed by atoms with E-state index < -0.39 is 5.91 Å². The molecule has 0 spiro atoms. The molecule has 0 aliphatic carbocycles. The van der Waals surface area contributed by atoms with Crippen LogP contribution >= 0.6 is 0 Å². The van der Waals surface area contributed by atoms with Crippen molar-refractivity contribution in [3.63, 3.8) is 0 Å². The van der Waals surface area contributed by atoms with E-state index in [1.807, 2.05) is 12.1 Å². The monoisotopic (exact) mass is 442 g/mol. The lowest BCUT2D eigenvalue weighted by Gasteiger charge is -2.10. The van der Waals surface area contributed by atoms with Gasteiger partial charge in [0.1, 0.15) is 29.0 Å². The predicted octanol–water partition coefficient (Wildman–Crippen LogP) is 1.96. The van der Waals surface area contributed by atoms with Crippen LogP contribution in [0.2, 0.25) is 0 Å². The minimum atomic E-state index is -0.466. The number of aromatic nitrogens is 8. The normalized spacial score (nSPS) is 14.5. The number of aryl methyl sites for hydroxylation is 1. The van der Waals surface area contributed by atoms with E-state index >= 15 is 0 Å². The first kappa shape index (κ1) is 20.3. The van der Waals surface area contributed by atoms with E-state index in [-0.39, 0.29) is 23.0 Å². The average molecular weight is 442 g/mol. The lowest BCUT2D eigenvalue weighted by Crippen LogP contribution is -2.14. The molecule has 5 rings (SSSR count). The fourth-order valence-corrected chi connectivity index (χ4v) is 3.71. The van der Waals surface area contributed by atoms with Crippen LogP contribution in [0.15, 0.2) is 36.8 Å². The first-order valence-electron chi connectivity index (χ1n) is 10.2. The molecule has 164 valence electrons. The summed E-state index contributed by atoms with van der Waals surface area (Å²) in [6, 6.07) is 7.52. The van der Waals surface area contributed by atoms with Crippen LogP contribution in [0, 0.1) is 11.3 Å². The predicted molar refractivity (Wildman–Crippen MR) is 115 cm³/mol. The Hall–Kier alpha value is -4.66. The summed E-state index contributed by atoms with van der Waals surface area (Å²) in [5.41, 5.74) is 0.917. The Labute approximate surface area is 187 Å². The molecular weight excluding hydrogens is 424 g/mol. The van der Waals surface area contributed by atoms with E-state index in [1.54, 1.807) is 12.1 Å². The number of hydrogen-bond acceptors (Lipinski definition) is 9. The minimum absolute atomic E-state index is 0.0944. The molecule has 1 aliphatic rings. The molecule has 1 amide bonds. The molecule has 12 nitrogen and oxygen atoms in total. The smallest absolute Gasteiger partial charge is 0.263 e. The molecule has 33 heavy (non-hydrogen) atoms. The molecule has 0 saturated carbocycles. The number of carbonyl (C=O) groups is 1. The standard InChI is InChI=1S/C21H18N10O2/c1-12-6-7-17-27-28-19(31(12)17)15-4-3-5-16(25-15)26-20(32)14-11-30(29-21(14)33-2)18-10-23-9-13(8-22)24-18/h3-5,9-12H,6-7H2,1-2H3,(H,25,26,32)/t12-/m1/s1. The maximum atomic E-state index is 13.0. The lowest BCUT2D eigenvalue weighted by atomic mass is 10.2. The summed E-state index contributed by atoms with van der Waals surface area (Å²) in [5, 5.41) is 24.6. The number of nitriles is 1. The Bertz CT molecular complexity index is 1400. The van der Waals surface area contributed by atoms with Gasteiger partial charge >= 0.3 is 0 Å². The van der Waals surface area contributed by atoms with Crippen molar-refractivity contribution in [1.29, 1.82) is 5.26 Å². The molecule has 0 unspecified atom stereocenters. The van der Waals surface area contributed by atoms with Crippen LogP contribution in [0.5, 0.6) is 5.88 Å². The number of nitrogens with one attached hydrogen (secondary N) is 1. The van der Waals surface area contributed by atoms with Gasteiger partial charge in [-0.15, -0.1) is 15.3 Å². The van der Waals surface area contributed by atoms with Gasteiger partial charge in [-0.05, 0) is 25.5 Å². The molecule has 0 fully saturated rings. The van der Waals surface area contributed by atoms with Crippen molar-refractivity contribution in [3.05, 3.63) is 53.9 Å². The van der Waals surface area contributed by atoms with E-state index in [4.69, 9.17) is 10.00 Å². The number of fused-ring (bicyclic) bond motifs is 1. The zero-order valence-electron chi connectivity index (χ0n) is 17.8. The van der Waals surface area contributed by atoms with Gasteiger partial charge in [0.15, 0.2) is 17.3 Å². The molecule has 5 heterocycles. The fraction of sp³-hybridized carbons (Fsp3) is 0.238. The summed E-state index contributed by atoms with van der Waals surface area (Å²) < 4.78 is 8.67. The summed E-state index contributed by atoms with van der Waals surface area (Å²) in [7, 11) is 1.41. The maximum Gasteiger partial charge on any atom is 0.263 e. The third-order valence-electron chi connectivity index (χ3n) is 5.30. The number of carbonyl (C=O) groups excluding carboxylic acids is 1. The topological polar surface area (TPSA) is 149 Å². The van der Waals surface area contributed by atoms with Crippen molar-refractivity contribution >= 4 is 11.7 Å². The van der Waals surface area contributed by atoms with Gasteiger partial charge in [0.05, 0.1) is 19.5 Å². The van der Waals surface area contributed by atoms with Crippen molar-refractivity contribution in [2.75, 3.05) is 12.4 Å². The number of anilines is 1. The van der Waals surface area contributed by atoms with Crippen LogP contribution in [0.25, 0.3) is 17.3 Å². The van der Waals surface area contributed by atoms with Crippen molar-refractivity contribution in [1.82, 2.24) is 39.5 Å². The first-order valence-corrected chi connectivity index (χ1v) is 10.2. The Kier molecular flexibility index (Phi) is 4.98. The Morgan fingerprint density at radius 3 is 2.97 bits per heavy atom. The summed E-state index contributed by atoms with van der Waals surface area (Å²) in [6.07, 6.45) is 6.12. The van der Waals surface area contributed by atoms with E-state index in [0.29, 0.717) is 23.4 Å². The fourth-order valence-electron chi connectivity index (χ4n) is 3.71. The molecule has 0 aromatic carbocycles. The second kappa shape index (κ2) is 8.12. The maximum absolute atomic E-state index is 13.0. The highest BCUT2D eigenvalue weighted by Crippen LogP contribution is 2.30. The van der Waals surface area contributed by atoms with Crippen LogP contribution in [-0.2, 0) is 6.42 Å². The number of ether oxygens (including phenoxy) is 1. The van der Waals surface area contributed by atoms with Crippen LogP contribution in [0.3, 0.4) is 0 Å². The van der Waals surface area contributed by atoms with E-state index in [1.165, 1.54) is 30.4 Å². The van der Waals surface area contributed by atoms with Gasteiger partial charge in [-0.3, -0.25) is 9.78 Å². The number of pyridine rings is 1. The van der Waals surface area contributed by atoms with E-state index in [2.05, 4.69) is 47.1 Å². The molecule has 1 aliphatic heterocycles. The number of amides is 1. The minimum Gasteiger partial charge on any atom is -0.479 e. The Morgan fingerprint density at radius 1 is 1.27 bits per heavy atom. The van der Waals surface area contributed by atoms with Crippen LogP contribution in [0.4, 0.5) is 5.82 Å². The largest absolute Gasteiger partial charge is 0.479 e. The van der Waals surface area contributed by atoms with Crippen LogP contribution in [-0.4, -0.2) is 52.5 Å². The second-order valence-corrected chi connectivity index (χ2v) is 7.43. The SMILES string of the molecule is COc1nn(-c2cncc(C#N)n2)cc1C(=O)Nc1cccc(-c2nnc3n2[C@H](C)CC3)n1. The van der Waals surface area contributed by atoms with Gasteiger partial charge in [-0.25, -0.2) is 14.6 Å². The molecule has 12 heteroatoms. The van der Waals surface area contributed by atoms with Gasteiger partial charge in [-0.1, -0.05) is 6.07 Å². The van der Waals surface area contributed by atoms with Crippen molar-refractivity contribution < 1.29 is 9.53 Å². The molecule has 4 aromatic rings. The molecule has 4 aromatic heterocycles. The number of methoxy groups -OCH3 is 1. The summed E-state index contributed by atoms with van der Waals surface area (Å²) >= 11 is 0. The summed E-state index contributed by atoms with van der Waals surface area (Å²) in [4.78, 5) is 25.6. The molecular formula is C21H18N10O2. The van der Waals surface area contributed by atoms with Crippen molar-refractivity contribution in [2.24, 2.45) is 0 Å². The third-order valence-corrected chi connectivity index (χ3v) is 5.30. The van der Waals surface area contributed by atoms with Gasteiger partial charge in [0.2, 0.25) is 5.88 Å². The zero-order chi connectivity index (χ0) is 22.9. The van der Waals surface area contributed by atoms with E-state index in [0.717, 1.165) is 18.7 Å².